The highest BCUT2D eigenvalue weighted by atomic mass is 32.1. The molecular weight excluding hydrogens is 204 g/mol. The summed E-state index contributed by atoms with van der Waals surface area (Å²) in [6.07, 6.45) is 0. The Morgan fingerprint density at radius 1 is 1.57 bits per heavy atom. The monoisotopic (exact) mass is 214 g/mol. The molecule has 1 aromatic heterocycles. The molecule has 0 atom stereocenters. The second-order valence-corrected chi connectivity index (χ2v) is 3.43. The molecule has 0 saturated heterocycles. The molecule has 0 fully saturated rings. The van der Waals surface area contributed by atoms with Crippen molar-refractivity contribution in [1.29, 1.82) is 0 Å². The second kappa shape index (κ2) is 4.71. The number of aryl methyl sites for hydroxylation is 1. The van der Waals surface area contributed by atoms with Crippen LogP contribution in [0.2, 0.25) is 0 Å². The zero-order chi connectivity index (χ0) is 10.6. The minimum absolute atomic E-state index is 0.0958. The fraction of sp³-hybridized carbons (Fsp3) is 0.375. The fourth-order valence-corrected chi connectivity index (χ4v) is 1.45. The SMILES string of the molecule is CON=C(OC)C(=O)c1ncsc1C. The minimum Gasteiger partial charge on any atom is -0.476 e. The lowest BCUT2D eigenvalue weighted by atomic mass is 10.2. The van der Waals surface area contributed by atoms with Gasteiger partial charge in [-0.25, -0.2) is 4.98 Å². The van der Waals surface area contributed by atoms with Crippen LogP contribution in [-0.2, 0) is 9.57 Å². The highest BCUT2D eigenvalue weighted by Crippen LogP contribution is 2.12. The number of carbonyl (C=O) groups excluding carboxylic acids is 1. The number of rotatable bonds is 3. The molecule has 1 aromatic rings. The van der Waals surface area contributed by atoms with Gasteiger partial charge in [0.15, 0.2) is 0 Å². The van der Waals surface area contributed by atoms with Crippen LogP contribution in [-0.4, -0.2) is 30.9 Å². The van der Waals surface area contributed by atoms with Crippen LogP contribution in [0.5, 0.6) is 0 Å². The highest BCUT2D eigenvalue weighted by Gasteiger charge is 2.20. The molecule has 0 aliphatic rings. The summed E-state index contributed by atoms with van der Waals surface area (Å²) in [5.74, 6) is -0.463. The second-order valence-electron chi connectivity index (χ2n) is 2.37. The summed E-state index contributed by atoms with van der Waals surface area (Å²) in [4.78, 5) is 20.9. The van der Waals surface area contributed by atoms with E-state index in [9.17, 15) is 4.79 Å². The third-order valence-electron chi connectivity index (χ3n) is 1.52. The summed E-state index contributed by atoms with van der Waals surface area (Å²) < 4.78 is 4.77. The van der Waals surface area contributed by atoms with Crippen molar-refractivity contribution in [2.75, 3.05) is 14.2 Å². The molecule has 0 aromatic carbocycles. The molecule has 1 rings (SSSR count). The zero-order valence-corrected chi connectivity index (χ0v) is 8.92. The van der Waals surface area contributed by atoms with Gasteiger partial charge in [-0.1, -0.05) is 0 Å². The molecule has 1 heterocycles. The first-order valence-corrected chi connectivity index (χ1v) is 4.68. The molecule has 0 bridgehead atoms. The smallest absolute Gasteiger partial charge is 0.300 e. The number of methoxy groups -OCH3 is 1. The number of aromatic nitrogens is 1. The lowest BCUT2D eigenvalue weighted by Crippen LogP contribution is -2.17. The lowest BCUT2D eigenvalue weighted by Gasteiger charge is -2.00. The lowest BCUT2D eigenvalue weighted by molar-refractivity contribution is 0.101. The Kier molecular flexibility index (Phi) is 3.58. The molecule has 0 N–H and O–H groups in total. The molecule has 0 radical (unpaired) electrons. The van der Waals surface area contributed by atoms with Gasteiger partial charge in [-0.2, -0.15) is 0 Å². The first-order chi connectivity index (χ1) is 6.70. The molecule has 14 heavy (non-hydrogen) atoms. The molecule has 76 valence electrons. The van der Waals surface area contributed by atoms with Crippen molar-refractivity contribution in [3.8, 4) is 0 Å². The van der Waals surface area contributed by atoms with E-state index in [0.29, 0.717) is 5.69 Å². The van der Waals surface area contributed by atoms with E-state index in [-0.39, 0.29) is 11.7 Å². The predicted octanol–water partition coefficient (Wildman–Crippen LogP) is 1.24. The van der Waals surface area contributed by atoms with Gasteiger partial charge in [-0.3, -0.25) is 4.79 Å². The molecular formula is C8H10N2O3S. The molecule has 0 unspecified atom stereocenters. The van der Waals surface area contributed by atoms with E-state index in [2.05, 4.69) is 15.0 Å². The Hall–Kier alpha value is -1.43. The van der Waals surface area contributed by atoms with E-state index in [1.807, 2.05) is 6.92 Å². The van der Waals surface area contributed by atoms with Crippen molar-refractivity contribution in [3.63, 3.8) is 0 Å². The molecule has 0 aliphatic heterocycles. The summed E-state index contributed by atoms with van der Waals surface area (Å²) in [6, 6.07) is 0. The summed E-state index contributed by atoms with van der Waals surface area (Å²) in [6.45, 7) is 1.81. The van der Waals surface area contributed by atoms with Crippen molar-refractivity contribution in [1.82, 2.24) is 4.98 Å². The van der Waals surface area contributed by atoms with Gasteiger partial charge in [-0.05, 0) is 12.1 Å². The average molecular weight is 214 g/mol. The maximum atomic E-state index is 11.7. The maximum Gasteiger partial charge on any atom is 0.300 e. The Balaban J connectivity index is 2.95. The molecule has 0 saturated carbocycles. The largest absolute Gasteiger partial charge is 0.476 e. The first-order valence-electron chi connectivity index (χ1n) is 3.80. The van der Waals surface area contributed by atoms with Crippen molar-refractivity contribution < 1.29 is 14.4 Å². The number of ketones is 1. The van der Waals surface area contributed by atoms with E-state index in [1.165, 1.54) is 25.6 Å². The number of Topliss-reactive ketones (excluding diaryl/α,β-unsaturated/α-hetero) is 1. The zero-order valence-electron chi connectivity index (χ0n) is 8.10. The van der Waals surface area contributed by atoms with Gasteiger partial charge in [0.1, 0.15) is 12.8 Å². The molecule has 0 aliphatic carbocycles. The van der Waals surface area contributed by atoms with Crippen molar-refractivity contribution in [2.24, 2.45) is 5.16 Å². The van der Waals surface area contributed by atoms with Crippen LogP contribution >= 0.6 is 11.3 Å². The van der Waals surface area contributed by atoms with Crippen molar-refractivity contribution in [3.05, 3.63) is 16.1 Å². The van der Waals surface area contributed by atoms with E-state index >= 15 is 0 Å². The Morgan fingerprint density at radius 2 is 2.29 bits per heavy atom. The van der Waals surface area contributed by atoms with Gasteiger partial charge in [-0.15, -0.1) is 11.3 Å². The number of thiazole rings is 1. The molecule has 6 heteroatoms. The van der Waals surface area contributed by atoms with Crippen LogP contribution in [0.15, 0.2) is 10.7 Å². The van der Waals surface area contributed by atoms with Gasteiger partial charge in [0.05, 0.1) is 12.6 Å². The molecule has 0 amide bonds. The van der Waals surface area contributed by atoms with Gasteiger partial charge in [0, 0.05) is 4.88 Å². The average Bonchev–Trinajstić information content (AvgIpc) is 2.59. The van der Waals surface area contributed by atoms with Crippen LogP contribution in [0.25, 0.3) is 0 Å². The quantitative estimate of drug-likeness (QED) is 0.329. The third-order valence-corrected chi connectivity index (χ3v) is 2.28. The predicted molar refractivity (Wildman–Crippen MR) is 52.6 cm³/mol. The van der Waals surface area contributed by atoms with Gasteiger partial charge in [0.2, 0.25) is 0 Å². The highest BCUT2D eigenvalue weighted by molar-refractivity contribution is 7.09. The normalized spacial score (nSPS) is 11.2. The summed E-state index contributed by atoms with van der Waals surface area (Å²) in [5, 5.41) is 3.45. The Morgan fingerprint density at radius 3 is 2.71 bits per heavy atom. The number of carbonyl (C=O) groups is 1. The van der Waals surface area contributed by atoms with Crippen LogP contribution in [0.4, 0.5) is 0 Å². The van der Waals surface area contributed by atoms with E-state index < -0.39 is 0 Å². The molecule has 0 spiro atoms. The van der Waals surface area contributed by atoms with Crippen molar-refractivity contribution in [2.45, 2.75) is 6.92 Å². The topological polar surface area (TPSA) is 60.8 Å². The van der Waals surface area contributed by atoms with E-state index in [0.717, 1.165) is 4.88 Å². The summed E-state index contributed by atoms with van der Waals surface area (Å²) >= 11 is 1.40. The van der Waals surface area contributed by atoms with Crippen LogP contribution in [0.3, 0.4) is 0 Å². The standard InChI is InChI=1S/C8H10N2O3S/c1-5-6(9-4-14-5)7(11)8(12-2)10-13-3/h4H,1-3H3. The van der Waals surface area contributed by atoms with Gasteiger partial charge >= 0.3 is 5.90 Å². The van der Waals surface area contributed by atoms with Crippen molar-refractivity contribution >= 4 is 23.0 Å². The van der Waals surface area contributed by atoms with Crippen LogP contribution < -0.4 is 0 Å². The summed E-state index contributed by atoms with van der Waals surface area (Å²) in [7, 11) is 2.71. The number of ether oxygens (including phenoxy) is 1. The number of hydrogen-bond donors (Lipinski definition) is 0. The van der Waals surface area contributed by atoms with Crippen LogP contribution in [0.1, 0.15) is 15.4 Å². The maximum absolute atomic E-state index is 11.7. The summed E-state index contributed by atoms with van der Waals surface area (Å²) in [5.41, 5.74) is 1.95. The minimum atomic E-state index is -0.367. The van der Waals surface area contributed by atoms with E-state index in [1.54, 1.807) is 5.51 Å². The van der Waals surface area contributed by atoms with Gasteiger partial charge < -0.3 is 9.57 Å². The number of hydrogen-bond acceptors (Lipinski definition) is 6. The third kappa shape index (κ3) is 2.08. The van der Waals surface area contributed by atoms with Gasteiger partial charge in [0.25, 0.3) is 5.78 Å². The van der Waals surface area contributed by atoms with Crippen LogP contribution in [0, 0.1) is 6.92 Å². The molecule has 5 nitrogen and oxygen atoms in total. The van der Waals surface area contributed by atoms with E-state index in [4.69, 9.17) is 4.74 Å². The fourth-order valence-electron chi connectivity index (χ4n) is 0.879. The number of oxime groups is 1. The Bertz CT molecular complexity index is 359. The Labute approximate surface area is 85.4 Å². The first kappa shape index (κ1) is 10.6. The number of nitrogens with zero attached hydrogens (tertiary/aromatic N) is 2.